The van der Waals surface area contributed by atoms with Gasteiger partial charge in [0.1, 0.15) is 0 Å². The second-order valence-electron chi connectivity index (χ2n) is 6.38. The number of carbonyl (C=O) groups excluding carboxylic acids is 1. The molecule has 1 aromatic heterocycles. The van der Waals surface area contributed by atoms with Gasteiger partial charge in [0.15, 0.2) is 5.82 Å². The first-order chi connectivity index (χ1) is 12.0. The van der Waals surface area contributed by atoms with Crippen molar-refractivity contribution in [2.75, 3.05) is 25.5 Å². The van der Waals surface area contributed by atoms with Crippen LogP contribution in [0.15, 0.2) is 36.7 Å². The molecule has 0 aliphatic carbocycles. The summed E-state index contributed by atoms with van der Waals surface area (Å²) in [5, 5.41) is 8.70. The van der Waals surface area contributed by atoms with Gasteiger partial charge in [-0.05, 0) is 54.7 Å². The van der Waals surface area contributed by atoms with Crippen LogP contribution < -0.4 is 4.90 Å². The molecule has 130 valence electrons. The number of aromatic nitrogens is 2. The fraction of sp³-hybridized carbons (Fsp3) is 0.316. The fourth-order valence-electron chi connectivity index (χ4n) is 3.09. The lowest BCUT2D eigenvalue weighted by molar-refractivity contribution is 0.0817. The van der Waals surface area contributed by atoms with Crippen LogP contribution in [0.5, 0.6) is 0 Å². The molecule has 0 saturated heterocycles. The largest absolute Gasteiger partial charge is 0.361 e. The Morgan fingerprint density at radius 2 is 2.08 bits per heavy atom. The van der Waals surface area contributed by atoms with Gasteiger partial charge in [-0.3, -0.25) is 4.79 Å². The summed E-state index contributed by atoms with van der Waals surface area (Å²) in [6.07, 6.45) is 5.39. The zero-order chi connectivity index (χ0) is 18.0. The van der Waals surface area contributed by atoms with Crippen molar-refractivity contribution in [2.24, 2.45) is 0 Å². The topological polar surface area (TPSA) is 49.3 Å². The third-order valence-electron chi connectivity index (χ3n) is 4.31. The van der Waals surface area contributed by atoms with Gasteiger partial charge in [-0.1, -0.05) is 17.7 Å². The second kappa shape index (κ2) is 7.23. The fourth-order valence-corrected chi connectivity index (χ4v) is 3.31. The van der Waals surface area contributed by atoms with Gasteiger partial charge in [-0.2, -0.15) is 5.10 Å². The van der Waals surface area contributed by atoms with E-state index >= 15 is 0 Å². The highest BCUT2D eigenvalue weighted by atomic mass is 35.5. The number of carbonyl (C=O) groups is 1. The molecule has 0 bridgehead atoms. The first-order valence-corrected chi connectivity index (χ1v) is 8.62. The van der Waals surface area contributed by atoms with Gasteiger partial charge in [-0.15, -0.1) is 5.10 Å². The van der Waals surface area contributed by atoms with Crippen LogP contribution in [-0.4, -0.2) is 41.6 Å². The Labute approximate surface area is 152 Å². The Hall–Kier alpha value is -2.40. The summed E-state index contributed by atoms with van der Waals surface area (Å²) in [6, 6.07) is 7.59. The third-order valence-corrected chi connectivity index (χ3v) is 4.54. The summed E-state index contributed by atoms with van der Waals surface area (Å²) in [4.78, 5) is 16.6. The molecular formula is C19H21ClN4O. The van der Waals surface area contributed by atoms with E-state index < -0.39 is 0 Å². The van der Waals surface area contributed by atoms with Crippen LogP contribution in [0, 0.1) is 6.92 Å². The van der Waals surface area contributed by atoms with E-state index in [1.165, 1.54) is 0 Å². The minimum Gasteiger partial charge on any atom is -0.361 e. The number of hydrogen-bond donors (Lipinski definition) is 0. The maximum Gasteiger partial charge on any atom is 0.261 e. The van der Waals surface area contributed by atoms with Crippen molar-refractivity contribution >= 4 is 28.9 Å². The minimum atomic E-state index is -0.0533. The number of benzene rings is 1. The number of aryl methyl sites for hydroxylation is 1. The predicted octanol–water partition coefficient (Wildman–Crippen LogP) is 3.78. The summed E-state index contributed by atoms with van der Waals surface area (Å²) >= 11 is 6.06. The van der Waals surface area contributed by atoms with Crippen molar-refractivity contribution in [2.45, 2.75) is 19.8 Å². The molecule has 3 rings (SSSR count). The number of nitrogens with zero attached hydrogens (tertiary/aromatic N) is 4. The SMILES string of the molecule is Cc1cc(Cl)ccc1C1=CN(C(=O)c2ccnnc2N(C)C)CCC1. The van der Waals surface area contributed by atoms with Crippen LogP contribution in [0.3, 0.4) is 0 Å². The normalized spacial score (nSPS) is 14.2. The van der Waals surface area contributed by atoms with E-state index in [1.54, 1.807) is 22.1 Å². The molecule has 0 unspecified atom stereocenters. The summed E-state index contributed by atoms with van der Waals surface area (Å²) < 4.78 is 0. The van der Waals surface area contributed by atoms with Crippen molar-refractivity contribution in [1.29, 1.82) is 0 Å². The Morgan fingerprint density at radius 1 is 1.28 bits per heavy atom. The molecule has 0 saturated carbocycles. The summed E-state index contributed by atoms with van der Waals surface area (Å²) in [5.41, 5.74) is 3.97. The zero-order valence-corrected chi connectivity index (χ0v) is 15.4. The molecule has 25 heavy (non-hydrogen) atoms. The molecule has 0 N–H and O–H groups in total. The van der Waals surface area contributed by atoms with E-state index in [1.807, 2.05) is 45.4 Å². The molecule has 0 spiro atoms. The van der Waals surface area contributed by atoms with Crippen LogP contribution in [-0.2, 0) is 0 Å². The monoisotopic (exact) mass is 356 g/mol. The van der Waals surface area contributed by atoms with Crippen LogP contribution in [0.1, 0.15) is 34.3 Å². The molecule has 2 aromatic rings. The zero-order valence-electron chi connectivity index (χ0n) is 14.7. The van der Waals surface area contributed by atoms with Gasteiger partial charge in [0.05, 0.1) is 11.8 Å². The maximum absolute atomic E-state index is 13.0. The number of rotatable bonds is 3. The van der Waals surface area contributed by atoms with Crippen molar-refractivity contribution in [1.82, 2.24) is 15.1 Å². The van der Waals surface area contributed by atoms with E-state index in [0.29, 0.717) is 17.9 Å². The molecule has 1 aromatic carbocycles. The van der Waals surface area contributed by atoms with Crippen molar-refractivity contribution < 1.29 is 4.79 Å². The summed E-state index contributed by atoms with van der Waals surface area (Å²) in [7, 11) is 3.71. The lowest BCUT2D eigenvalue weighted by atomic mass is 9.95. The molecule has 5 nitrogen and oxygen atoms in total. The van der Waals surface area contributed by atoms with Crippen LogP contribution in [0.25, 0.3) is 5.57 Å². The number of amides is 1. The molecule has 0 atom stereocenters. The van der Waals surface area contributed by atoms with E-state index in [4.69, 9.17) is 11.6 Å². The van der Waals surface area contributed by atoms with Gasteiger partial charge in [0.2, 0.25) is 0 Å². The number of halogens is 1. The van der Waals surface area contributed by atoms with Crippen LogP contribution >= 0.6 is 11.6 Å². The van der Waals surface area contributed by atoms with E-state index in [9.17, 15) is 4.79 Å². The molecule has 2 heterocycles. The lowest BCUT2D eigenvalue weighted by Gasteiger charge is -2.27. The Balaban J connectivity index is 1.94. The predicted molar refractivity (Wildman–Crippen MR) is 101 cm³/mol. The molecule has 0 fully saturated rings. The highest BCUT2D eigenvalue weighted by Crippen LogP contribution is 2.30. The molecule has 6 heteroatoms. The van der Waals surface area contributed by atoms with Crippen molar-refractivity contribution in [3.05, 3.63) is 58.4 Å². The number of anilines is 1. The van der Waals surface area contributed by atoms with Gasteiger partial charge in [0, 0.05) is 31.9 Å². The second-order valence-corrected chi connectivity index (χ2v) is 6.82. The molecule has 1 amide bonds. The number of allylic oxidation sites excluding steroid dienone is 1. The Bertz CT molecular complexity index is 832. The number of hydrogen-bond acceptors (Lipinski definition) is 4. The third kappa shape index (κ3) is 3.66. The average Bonchev–Trinajstić information content (AvgIpc) is 2.61. The smallest absolute Gasteiger partial charge is 0.261 e. The highest BCUT2D eigenvalue weighted by Gasteiger charge is 2.23. The average molecular weight is 357 g/mol. The summed E-state index contributed by atoms with van der Waals surface area (Å²) in [6.45, 7) is 2.74. The first-order valence-electron chi connectivity index (χ1n) is 8.24. The van der Waals surface area contributed by atoms with Crippen molar-refractivity contribution in [3.8, 4) is 0 Å². The van der Waals surface area contributed by atoms with Crippen LogP contribution in [0.4, 0.5) is 5.82 Å². The van der Waals surface area contributed by atoms with Gasteiger partial charge >= 0.3 is 0 Å². The highest BCUT2D eigenvalue weighted by molar-refractivity contribution is 6.30. The Morgan fingerprint density at radius 3 is 2.80 bits per heavy atom. The van der Waals surface area contributed by atoms with E-state index in [2.05, 4.69) is 10.2 Å². The van der Waals surface area contributed by atoms with Crippen LogP contribution in [0.2, 0.25) is 5.02 Å². The van der Waals surface area contributed by atoms with Gasteiger partial charge < -0.3 is 9.80 Å². The molecule has 0 radical (unpaired) electrons. The standard InChI is InChI=1S/C19H21ClN4O/c1-13-11-15(20)6-7-16(13)14-5-4-10-24(12-14)19(25)17-8-9-21-22-18(17)23(2)3/h6-9,11-12H,4-5,10H2,1-3H3. The maximum atomic E-state index is 13.0. The summed E-state index contributed by atoms with van der Waals surface area (Å²) in [5.74, 6) is 0.526. The quantitative estimate of drug-likeness (QED) is 0.839. The van der Waals surface area contributed by atoms with Crippen molar-refractivity contribution in [3.63, 3.8) is 0 Å². The van der Waals surface area contributed by atoms with E-state index in [-0.39, 0.29) is 5.91 Å². The molecular weight excluding hydrogens is 336 g/mol. The lowest BCUT2D eigenvalue weighted by Crippen LogP contribution is -2.31. The Kier molecular flexibility index (Phi) is 5.04. The molecule has 1 aliphatic rings. The van der Waals surface area contributed by atoms with Gasteiger partial charge in [0.25, 0.3) is 5.91 Å². The molecule has 1 aliphatic heterocycles. The van der Waals surface area contributed by atoms with Gasteiger partial charge in [-0.25, -0.2) is 0 Å². The first kappa shape index (κ1) is 17.4. The minimum absolute atomic E-state index is 0.0533. The van der Waals surface area contributed by atoms with E-state index in [0.717, 1.165) is 34.6 Å².